The van der Waals surface area contributed by atoms with Crippen molar-refractivity contribution in [1.82, 2.24) is 10.6 Å². The smallest absolute Gasteiger partial charge is 0.243 e. The molecule has 1 amide bonds. The van der Waals surface area contributed by atoms with Crippen LogP contribution in [0.2, 0.25) is 0 Å². The predicted octanol–water partition coefficient (Wildman–Crippen LogP) is 3.04. The number of carbonyl (C=O) groups is 1. The van der Waals surface area contributed by atoms with Gasteiger partial charge in [-0.25, -0.2) is 0 Å². The molecule has 0 aromatic heterocycles. The SMILES string of the molecule is C#CCOC1NC(=O)C1NC(c1ccccc1)(c1ccccc1)c1ccccc1. The van der Waals surface area contributed by atoms with Gasteiger partial charge >= 0.3 is 0 Å². The second-order valence-corrected chi connectivity index (χ2v) is 6.91. The van der Waals surface area contributed by atoms with E-state index in [4.69, 9.17) is 11.2 Å². The van der Waals surface area contributed by atoms with Crippen LogP contribution in [-0.4, -0.2) is 24.8 Å². The zero-order valence-corrected chi connectivity index (χ0v) is 15.9. The molecule has 4 heteroatoms. The fraction of sp³-hybridized carbons (Fsp3) is 0.160. The van der Waals surface area contributed by atoms with Crippen molar-refractivity contribution in [3.05, 3.63) is 108 Å². The molecular weight excluding hydrogens is 360 g/mol. The summed E-state index contributed by atoms with van der Waals surface area (Å²) in [6, 6.07) is 29.9. The highest BCUT2D eigenvalue weighted by Gasteiger charge is 2.47. The van der Waals surface area contributed by atoms with Gasteiger partial charge in [-0.15, -0.1) is 6.42 Å². The molecule has 1 aliphatic rings. The van der Waals surface area contributed by atoms with E-state index in [1.165, 1.54) is 0 Å². The van der Waals surface area contributed by atoms with E-state index >= 15 is 0 Å². The first kappa shape index (κ1) is 18.9. The third kappa shape index (κ3) is 3.54. The maximum absolute atomic E-state index is 12.5. The number of hydrogen-bond acceptors (Lipinski definition) is 3. The second kappa shape index (κ2) is 8.32. The summed E-state index contributed by atoms with van der Waals surface area (Å²) >= 11 is 0. The van der Waals surface area contributed by atoms with Gasteiger partial charge in [0.15, 0.2) is 6.23 Å². The van der Waals surface area contributed by atoms with Gasteiger partial charge in [0, 0.05) is 0 Å². The molecule has 3 aromatic rings. The maximum Gasteiger partial charge on any atom is 0.243 e. The van der Waals surface area contributed by atoms with E-state index in [0.717, 1.165) is 16.7 Å². The molecule has 2 N–H and O–H groups in total. The minimum atomic E-state index is -0.732. The first-order valence-electron chi connectivity index (χ1n) is 9.55. The van der Waals surface area contributed by atoms with Crippen molar-refractivity contribution in [1.29, 1.82) is 0 Å². The number of terminal acetylenes is 1. The molecule has 0 spiro atoms. The zero-order chi connectivity index (χ0) is 20.1. The first-order valence-corrected chi connectivity index (χ1v) is 9.55. The highest BCUT2D eigenvalue weighted by Crippen LogP contribution is 2.38. The van der Waals surface area contributed by atoms with Gasteiger partial charge in [-0.3, -0.25) is 10.1 Å². The molecule has 2 unspecified atom stereocenters. The number of benzene rings is 3. The lowest BCUT2D eigenvalue weighted by molar-refractivity contribution is -0.146. The molecule has 2 atom stereocenters. The molecule has 0 aliphatic carbocycles. The van der Waals surface area contributed by atoms with Crippen molar-refractivity contribution in [2.75, 3.05) is 6.61 Å². The van der Waals surface area contributed by atoms with E-state index in [0.29, 0.717) is 0 Å². The van der Waals surface area contributed by atoms with Crippen LogP contribution in [0.4, 0.5) is 0 Å². The van der Waals surface area contributed by atoms with Gasteiger partial charge in [-0.05, 0) is 16.7 Å². The zero-order valence-electron chi connectivity index (χ0n) is 15.9. The van der Waals surface area contributed by atoms with Crippen LogP contribution >= 0.6 is 0 Å². The average molecular weight is 382 g/mol. The normalized spacial score (nSPS) is 18.4. The van der Waals surface area contributed by atoms with E-state index in [-0.39, 0.29) is 12.5 Å². The Morgan fingerprint density at radius 1 is 0.862 bits per heavy atom. The summed E-state index contributed by atoms with van der Waals surface area (Å²) in [4.78, 5) is 12.5. The van der Waals surface area contributed by atoms with Crippen LogP contribution in [0.1, 0.15) is 16.7 Å². The Labute approximate surface area is 170 Å². The minimum Gasteiger partial charge on any atom is -0.344 e. The van der Waals surface area contributed by atoms with Crippen LogP contribution in [0.3, 0.4) is 0 Å². The van der Waals surface area contributed by atoms with Gasteiger partial charge in [-0.1, -0.05) is 96.9 Å². The van der Waals surface area contributed by atoms with Crippen molar-refractivity contribution in [2.45, 2.75) is 17.8 Å². The van der Waals surface area contributed by atoms with Crippen molar-refractivity contribution >= 4 is 5.91 Å². The molecule has 1 saturated heterocycles. The van der Waals surface area contributed by atoms with Gasteiger partial charge < -0.3 is 10.1 Å². The average Bonchev–Trinajstić information content (AvgIpc) is 2.79. The van der Waals surface area contributed by atoms with E-state index in [1.807, 2.05) is 54.6 Å². The molecule has 1 aliphatic heterocycles. The summed E-state index contributed by atoms with van der Waals surface area (Å²) < 4.78 is 5.63. The highest BCUT2D eigenvalue weighted by molar-refractivity contribution is 5.89. The van der Waals surface area contributed by atoms with Crippen molar-refractivity contribution in [3.8, 4) is 12.3 Å². The number of β-lactam (4-membered cyclic amide) rings is 1. The summed E-state index contributed by atoms with van der Waals surface area (Å²) in [5.41, 5.74) is 2.37. The van der Waals surface area contributed by atoms with Crippen LogP contribution in [0.5, 0.6) is 0 Å². The topological polar surface area (TPSA) is 50.4 Å². The maximum atomic E-state index is 12.5. The molecule has 4 nitrogen and oxygen atoms in total. The van der Waals surface area contributed by atoms with Crippen molar-refractivity contribution in [3.63, 3.8) is 0 Å². The highest BCUT2D eigenvalue weighted by atomic mass is 16.5. The van der Waals surface area contributed by atoms with Crippen molar-refractivity contribution < 1.29 is 9.53 Å². The molecule has 0 bridgehead atoms. The van der Waals surface area contributed by atoms with Crippen LogP contribution < -0.4 is 10.6 Å². The summed E-state index contributed by atoms with van der Waals surface area (Å²) in [7, 11) is 0. The Morgan fingerprint density at radius 3 is 1.69 bits per heavy atom. The summed E-state index contributed by atoms with van der Waals surface area (Å²) in [5, 5.41) is 6.40. The molecular formula is C25H22N2O2. The monoisotopic (exact) mass is 382 g/mol. The van der Waals surface area contributed by atoms with Gasteiger partial charge in [0.25, 0.3) is 0 Å². The molecule has 0 radical (unpaired) electrons. The molecule has 4 rings (SSSR count). The van der Waals surface area contributed by atoms with Crippen LogP contribution in [0, 0.1) is 12.3 Å². The van der Waals surface area contributed by atoms with Gasteiger partial charge in [0.05, 0.1) is 5.54 Å². The number of rotatable bonds is 7. The van der Waals surface area contributed by atoms with Crippen molar-refractivity contribution in [2.24, 2.45) is 0 Å². The quantitative estimate of drug-likeness (QED) is 0.375. The summed E-state index contributed by atoms with van der Waals surface area (Å²) in [6.07, 6.45) is 4.85. The Kier molecular flexibility index (Phi) is 5.44. The summed E-state index contributed by atoms with van der Waals surface area (Å²) in [6.45, 7) is 0.137. The largest absolute Gasteiger partial charge is 0.344 e. The van der Waals surface area contributed by atoms with E-state index in [1.54, 1.807) is 0 Å². The standard InChI is InChI=1S/C25H22N2O2/c1-2-18-29-24-22(23(28)26-24)27-25(19-12-6-3-7-13-19,20-14-8-4-9-15-20)21-16-10-5-11-17-21/h1,3-17,22,24,27H,18H2,(H,26,28). The van der Waals surface area contributed by atoms with Crippen LogP contribution in [0.25, 0.3) is 0 Å². The first-order chi connectivity index (χ1) is 14.3. The van der Waals surface area contributed by atoms with Crippen LogP contribution in [0.15, 0.2) is 91.0 Å². The van der Waals surface area contributed by atoms with E-state index in [9.17, 15) is 4.79 Å². The summed E-state index contributed by atoms with van der Waals surface area (Å²) in [5.74, 6) is 2.35. The fourth-order valence-corrected chi connectivity index (χ4v) is 3.82. The van der Waals surface area contributed by atoms with E-state index < -0.39 is 17.8 Å². The predicted molar refractivity (Wildman–Crippen MR) is 113 cm³/mol. The Bertz CT molecular complexity index is 901. The molecule has 0 saturated carbocycles. The lowest BCUT2D eigenvalue weighted by Gasteiger charge is -2.45. The number of carbonyl (C=O) groups excluding carboxylic acids is 1. The molecule has 144 valence electrons. The molecule has 29 heavy (non-hydrogen) atoms. The second-order valence-electron chi connectivity index (χ2n) is 6.91. The number of amides is 1. The Hall–Kier alpha value is -3.39. The van der Waals surface area contributed by atoms with Crippen LogP contribution in [-0.2, 0) is 15.1 Å². The van der Waals surface area contributed by atoms with Gasteiger partial charge in [-0.2, -0.15) is 0 Å². The van der Waals surface area contributed by atoms with Gasteiger partial charge in [0.2, 0.25) is 5.91 Å². The molecule has 1 fully saturated rings. The third-order valence-electron chi connectivity index (χ3n) is 5.21. The minimum absolute atomic E-state index is 0.112. The Morgan fingerprint density at radius 2 is 1.31 bits per heavy atom. The third-order valence-corrected chi connectivity index (χ3v) is 5.21. The fourth-order valence-electron chi connectivity index (χ4n) is 3.82. The van der Waals surface area contributed by atoms with Gasteiger partial charge in [0.1, 0.15) is 12.6 Å². The number of ether oxygens (including phenoxy) is 1. The Balaban J connectivity index is 1.87. The lowest BCUT2D eigenvalue weighted by Crippen LogP contribution is -2.72. The lowest BCUT2D eigenvalue weighted by atomic mass is 9.76. The molecule has 1 heterocycles. The van der Waals surface area contributed by atoms with E-state index in [2.05, 4.69) is 53.0 Å². The number of nitrogens with one attached hydrogen (secondary N) is 2. The molecule has 3 aromatic carbocycles. The number of hydrogen-bond donors (Lipinski definition) is 2.